The minimum absolute atomic E-state index is 0.422. The van der Waals surface area contributed by atoms with Crippen molar-refractivity contribution < 1.29 is 0 Å². The van der Waals surface area contributed by atoms with Crippen LogP contribution >= 0.6 is 11.8 Å². The van der Waals surface area contributed by atoms with E-state index in [0.29, 0.717) is 12.6 Å². The van der Waals surface area contributed by atoms with Gasteiger partial charge in [0, 0.05) is 11.8 Å². The molecule has 1 atom stereocenters. The topological polar surface area (TPSA) is 60.0 Å². The molecule has 2 N–H and O–H groups in total. The van der Waals surface area contributed by atoms with Gasteiger partial charge in [0.05, 0.1) is 13.1 Å². The number of aromatic nitrogens is 3. The molecule has 6 heteroatoms. The zero-order valence-corrected chi connectivity index (χ0v) is 14.5. The fourth-order valence-corrected chi connectivity index (χ4v) is 4.32. The predicted molar refractivity (Wildman–Crippen MR) is 94.5 cm³/mol. The highest BCUT2D eigenvalue weighted by Gasteiger charge is 2.24. The van der Waals surface area contributed by atoms with E-state index in [1.54, 1.807) is 0 Å². The largest absolute Gasteiger partial charge is 0.324 e. The van der Waals surface area contributed by atoms with Crippen molar-refractivity contribution in [3.63, 3.8) is 0 Å². The fourth-order valence-electron chi connectivity index (χ4n) is 3.17. The number of nitrogens with zero attached hydrogens (tertiary/aromatic N) is 4. The zero-order chi connectivity index (χ0) is 16.1. The summed E-state index contributed by atoms with van der Waals surface area (Å²) >= 11 is 1.81. The van der Waals surface area contributed by atoms with Crippen LogP contribution in [0.25, 0.3) is 0 Å². The average molecular weight is 331 g/mol. The molecule has 1 aromatic carbocycles. The van der Waals surface area contributed by atoms with Crippen LogP contribution in [0.2, 0.25) is 0 Å². The molecule has 124 valence electrons. The normalized spacial score (nSPS) is 18.6. The lowest BCUT2D eigenvalue weighted by atomic mass is 10.2. The van der Waals surface area contributed by atoms with Gasteiger partial charge >= 0.3 is 0 Å². The Morgan fingerprint density at radius 3 is 2.83 bits per heavy atom. The molecule has 0 bridgehead atoms. The van der Waals surface area contributed by atoms with Gasteiger partial charge in [-0.15, -0.1) is 10.2 Å². The molecule has 0 amide bonds. The first-order valence-electron chi connectivity index (χ1n) is 8.34. The Morgan fingerprint density at radius 2 is 2.09 bits per heavy atom. The van der Waals surface area contributed by atoms with Crippen LogP contribution in [-0.2, 0) is 13.1 Å². The minimum Gasteiger partial charge on any atom is -0.324 e. The van der Waals surface area contributed by atoms with E-state index in [0.717, 1.165) is 29.8 Å². The lowest BCUT2D eigenvalue weighted by Crippen LogP contribution is -2.31. The summed E-state index contributed by atoms with van der Waals surface area (Å²) in [5.74, 6) is 1.93. The van der Waals surface area contributed by atoms with Gasteiger partial charge in [0.15, 0.2) is 5.16 Å². The summed E-state index contributed by atoms with van der Waals surface area (Å²) in [6.45, 7) is 5.81. The van der Waals surface area contributed by atoms with Crippen LogP contribution in [-0.4, -0.2) is 44.5 Å². The van der Waals surface area contributed by atoms with Gasteiger partial charge in [0.25, 0.3) is 0 Å². The van der Waals surface area contributed by atoms with Gasteiger partial charge in [-0.3, -0.25) is 4.90 Å². The van der Waals surface area contributed by atoms with Crippen molar-refractivity contribution in [3.8, 4) is 0 Å². The summed E-state index contributed by atoms with van der Waals surface area (Å²) in [6, 6.07) is 11.1. The summed E-state index contributed by atoms with van der Waals surface area (Å²) in [6.07, 6.45) is 2.60. The van der Waals surface area contributed by atoms with Crippen LogP contribution in [0.15, 0.2) is 35.5 Å². The molecular weight excluding hydrogens is 306 g/mol. The van der Waals surface area contributed by atoms with Crippen molar-refractivity contribution >= 4 is 11.8 Å². The molecule has 0 radical (unpaired) electrons. The number of hydrogen-bond donors (Lipinski definition) is 1. The van der Waals surface area contributed by atoms with E-state index >= 15 is 0 Å². The van der Waals surface area contributed by atoms with Crippen molar-refractivity contribution in [2.75, 3.05) is 18.8 Å². The van der Waals surface area contributed by atoms with Crippen LogP contribution in [0.3, 0.4) is 0 Å². The first-order valence-corrected chi connectivity index (χ1v) is 9.33. The Morgan fingerprint density at radius 1 is 1.26 bits per heavy atom. The summed E-state index contributed by atoms with van der Waals surface area (Å²) in [5, 5.41) is 9.62. The molecule has 0 aliphatic carbocycles. The molecule has 0 saturated carbocycles. The summed E-state index contributed by atoms with van der Waals surface area (Å²) in [7, 11) is 0. The fraction of sp³-hybridized carbons (Fsp3) is 0.529. The molecule has 0 spiro atoms. The van der Waals surface area contributed by atoms with Crippen LogP contribution in [0.1, 0.15) is 31.2 Å². The lowest BCUT2D eigenvalue weighted by Gasteiger charge is -2.22. The van der Waals surface area contributed by atoms with Crippen molar-refractivity contribution in [3.05, 3.63) is 41.7 Å². The van der Waals surface area contributed by atoms with E-state index in [2.05, 4.69) is 50.9 Å². The second-order valence-electron chi connectivity index (χ2n) is 5.91. The molecule has 3 rings (SSSR count). The number of hydrogen-bond acceptors (Lipinski definition) is 5. The van der Waals surface area contributed by atoms with Crippen LogP contribution < -0.4 is 5.73 Å². The highest BCUT2D eigenvalue weighted by Crippen LogP contribution is 2.25. The maximum absolute atomic E-state index is 5.84. The standard InChI is InChI=1S/C17H25N5S/c1-2-21-10-6-9-15(21)13-23-17-20-19-16(11-18)22(17)12-14-7-4-3-5-8-14/h3-5,7-8,15H,2,6,9-13,18H2,1H3/t15-/m1/s1. The third kappa shape index (κ3) is 3.94. The zero-order valence-electron chi connectivity index (χ0n) is 13.7. The number of likely N-dealkylation sites (tertiary alicyclic amines) is 1. The maximum atomic E-state index is 5.84. The smallest absolute Gasteiger partial charge is 0.191 e. The van der Waals surface area contributed by atoms with Crippen molar-refractivity contribution in [1.29, 1.82) is 0 Å². The maximum Gasteiger partial charge on any atom is 0.191 e. The van der Waals surface area contributed by atoms with Crippen molar-refractivity contribution in [1.82, 2.24) is 19.7 Å². The third-order valence-corrected chi connectivity index (χ3v) is 5.58. The summed E-state index contributed by atoms with van der Waals surface area (Å²) < 4.78 is 2.16. The first-order chi connectivity index (χ1) is 11.3. The monoisotopic (exact) mass is 331 g/mol. The van der Waals surface area contributed by atoms with E-state index < -0.39 is 0 Å². The van der Waals surface area contributed by atoms with Gasteiger partial charge in [-0.05, 0) is 31.5 Å². The van der Waals surface area contributed by atoms with Gasteiger partial charge in [-0.2, -0.15) is 0 Å². The van der Waals surface area contributed by atoms with Gasteiger partial charge < -0.3 is 10.3 Å². The van der Waals surface area contributed by atoms with Crippen molar-refractivity contribution in [2.45, 2.75) is 44.1 Å². The van der Waals surface area contributed by atoms with E-state index in [9.17, 15) is 0 Å². The number of thioether (sulfide) groups is 1. The van der Waals surface area contributed by atoms with Gasteiger partial charge in [0.2, 0.25) is 0 Å². The Bertz CT molecular complexity index is 613. The van der Waals surface area contributed by atoms with E-state index in [-0.39, 0.29) is 0 Å². The molecule has 1 saturated heterocycles. The highest BCUT2D eigenvalue weighted by molar-refractivity contribution is 7.99. The van der Waals surface area contributed by atoms with Crippen LogP contribution in [0.4, 0.5) is 0 Å². The molecule has 5 nitrogen and oxygen atoms in total. The second-order valence-corrected chi connectivity index (χ2v) is 6.90. The molecular formula is C17H25N5S. The van der Waals surface area contributed by atoms with Crippen LogP contribution in [0.5, 0.6) is 0 Å². The third-order valence-electron chi connectivity index (χ3n) is 4.47. The Balaban J connectivity index is 1.70. The molecule has 1 aliphatic heterocycles. The molecule has 1 aromatic heterocycles. The van der Waals surface area contributed by atoms with Gasteiger partial charge in [-0.25, -0.2) is 0 Å². The van der Waals surface area contributed by atoms with Gasteiger partial charge in [0.1, 0.15) is 5.82 Å². The molecule has 2 heterocycles. The SMILES string of the molecule is CCN1CCC[C@@H]1CSc1nnc(CN)n1Cc1ccccc1. The summed E-state index contributed by atoms with van der Waals surface area (Å²) in [5.41, 5.74) is 7.09. The molecule has 1 aliphatic rings. The van der Waals surface area contributed by atoms with Crippen molar-refractivity contribution in [2.24, 2.45) is 5.73 Å². The number of benzene rings is 1. The number of rotatable bonds is 7. The quantitative estimate of drug-likeness (QED) is 0.789. The van der Waals surface area contributed by atoms with Gasteiger partial charge in [-0.1, -0.05) is 49.0 Å². The lowest BCUT2D eigenvalue weighted by molar-refractivity contribution is 0.287. The molecule has 2 aromatic rings. The predicted octanol–water partition coefficient (Wildman–Crippen LogP) is 2.36. The minimum atomic E-state index is 0.422. The van der Waals surface area contributed by atoms with E-state index in [1.165, 1.54) is 24.9 Å². The highest BCUT2D eigenvalue weighted by atomic mass is 32.2. The molecule has 23 heavy (non-hydrogen) atoms. The Hall–Kier alpha value is -1.37. The molecule has 1 fully saturated rings. The Labute approximate surface area is 142 Å². The van der Waals surface area contributed by atoms with E-state index in [1.807, 2.05) is 17.8 Å². The molecule has 0 unspecified atom stereocenters. The second kappa shape index (κ2) is 7.95. The number of nitrogens with two attached hydrogens (primary N) is 1. The summed E-state index contributed by atoms with van der Waals surface area (Å²) in [4.78, 5) is 2.56. The van der Waals surface area contributed by atoms with Crippen LogP contribution in [0, 0.1) is 0 Å². The average Bonchev–Trinajstić information content (AvgIpc) is 3.20. The first kappa shape index (κ1) is 16.5. The Kier molecular flexibility index (Phi) is 5.70. The van der Waals surface area contributed by atoms with E-state index in [4.69, 9.17) is 5.73 Å².